The summed E-state index contributed by atoms with van der Waals surface area (Å²) in [5.74, 6) is 0.669. The van der Waals surface area contributed by atoms with Crippen molar-refractivity contribution in [3.05, 3.63) is 83.9 Å². The highest BCUT2D eigenvalue weighted by Gasteiger charge is 2.12. The number of hydrogen-bond donors (Lipinski definition) is 0. The van der Waals surface area contributed by atoms with Gasteiger partial charge in [0.15, 0.2) is 0 Å². The highest BCUT2D eigenvalue weighted by molar-refractivity contribution is 6.14. The average molecular weight is 342 g/mol. The first kappa shape index (κ1) is 16.0. The Labute approximate surface area is 151 Å². The molecule has 4 aromatic rings. The van der Waals surface area contributed by atoms with Crippen molar-refractivity contribution in [2.24, 2.45) is 12.0 Å². The van der Waals surface area contributed by atoms with E-state index in [1.807, 2.05) is 48.5 Å². The molecule has 1 aromatic heterocycles. The molecular weight excluding hydrogens is 324 g/mol. The van der Waals surface area contributed by atoms with Crippen molar-refractivity contribution in [1.82, 2.24) is 15.0 Å². The molecule has 4 rings (SSSR count). The summed E-state index contributed by atoms with van der Waals surface area (Å²) in [4.78, 5) is 6.49. The summed E-state index contributed by atoms with van der Waals surface area (Å²) >= 11 is 0. The quantitative estimate of drug-likeness (QED) is 0.524. The van der Waals surface area contributed by atoms with Gasteiger partial charge in [-0.25, -0.2) is 4.99 Å². The summed E-state index contributed by atoms with van der Waals surface area (Å²) in [6, 6.07) is 24.0. The Morgan fingerprint density at radius 1 is 0.846 bits per heavy atom. The van der Waals surface area contributed by atoms with Gasteiger partial charge in [-0.05, 0) is 6.07 Å². The van der Waals surface area contributed by atoms with E-state index in [0.717, 1.165) is 33.6 Å². The van der Waals surface area contributed by atoms with Crippen molar-refractivity contribution >= 4 is 22.4 Å². The predicted molar refractivity (Wildman–Crippen MR) is 103 cm³/mol. The van der Waals surface area contributed by atoms with Crippen LogP contribution in [-0.4, -0.2) is 27.8 Å². The molecular formula is C21H18N4O. The summed E-state index contributed by atoms with van der Waals surface area (Å²) < 4.78 is 5.55. The maximum Gasteiger partial charge on any atom is 0.146 e. The number of benzene rings is 3. The molecule has 0 saturated heterocycles. The van der Waals surface area contributed by atoms with Gasteiger partial charge in [0.25, 0.3) is 0 Å². The van der Waals surface area contributed by atoms with Gasteiger partial charge in [-0.2, -0.15) is 15.0 Å². The van der Waals surface area contributed by atoms with Crippen LogP contribution in [0.3, 0.4) is 0 Å². The second kappa shape index (κ2) is 6.80. The summed E-state index contributed by atoms with van der Waals surface area (Å²) in [6.07, 6.45) is 0. The lowest BCUT2D eigenvalue weighted by atomic mass is 10.0. The molecule has 1 heterocycles. The summed E-state index contributed by atoms with van der Waals surface area (Å²) in [7, 11) is 3.44. The third-order valence-electron chi connectivity index (χ3n) is 4.11. The molecule has 0 unspecified atom stereocenters. The lowest BCUT2D eigenvalue weighted by Crippen LogP contribution is -2.02. The second-order valence-corrected chi connectivity index (χ2v) is 5.89. The molecule has 0 atom stereocenters. The lowest BCUT2D eigenvalue weighted by molar-refractivity contribution is 0.416. The number of aromatic nitrogens is 3. The SMILES string of the molecule is COc1cc2nn(C)nc2cc1N=C(c1ccccc1)c1ccccc1. The Hall–Kier alpha value is -3.47. The summed E-state index contributed by atoms with van der Waals surface area (Å²) in [5.41, 5.74) is 5.26. The van der Waals surface area contributed by atoms with E-state index < -0.39 is 0 Å². The van der Waals surface area contributed by atoms with Crippen molar-refractivity contribution < 1.29 is 4.74 Å². The van der Waals surface area contributed by atoms with Crippen LogP contribution in [0.1, 0.15) is 11.1 Å². The molecule has 0 aliphatic rings. The molecule has 5 heteroatoms. The number of hydrogen-bond acceptors (Lipinski definition) is 4. The van der Waals surface area contributed by atoms with Crippen molar-refractivity contribution in [1.29, 1.82) is 0 Å². The van der Waals surface area contributed by atoms with E-state index in [1.165, 1.54) is 0 Å². The number of rotatable bonds is 4. The van der Waals surface area contributed by atoms with Crippen LogP contribution in [0.5, 0.6) is 5.75 Å². The van der Waals surface area contributed by atoms with E-state index in [-0.39, 0.29) is 0 Å². The van der Waals surface area contributed by atoms with E-state index in [1.54, 1.807) is 19.0 Å². The fourth-order valence-corrected chi connectivity index (χ4v) is 2.90. The van der Waals surface area contributed by atoms with Crippen molar-refractivity contribution in [3.8, 4) is 5.75 Å². The molecule has 3 aromatic carbocycles. The van der Waals surface area contributed by atoms with Crippen molar-refractivity contribution in [3.63, 3.8) is 0 Å². The molecule has 0 fully saturated rings. The number of methoxy groups -OCH3 is 1. The molecule has 26 heavy (non-hydrogen) atoms. The Balaban J connectivity index is 1.93. The summed E-state index contributed by atoms with van der Waals surface area (Å²) in [6.45, 7) is 0. The van der Waals surface area contributed by atoms with Crippen LogP contribution in [0.4, 0.5) is 5.69 Å². The van der Waals surface area contributed by atoms with Crippen LogP contribution in [0, 0.1) is 0 Å². The van der Waals surface area contributed by atoms with Gasteiger partial charge < -0.3 is 4.74 Å². The topological polar surface area (TPSA) is 52.3 Å². The minimum atomic E-state index is 0.669. The fraction of sp³-hybridized carbons (Fsp3) is 0.0952. The Kier molecular flexibility index (Phi) is 4.19. The summed E-state index contributed by atoms with van der Waals surface area (Å²) in [5, 5.41) is 8.72. The zero-order chi connectivity index (χ0) is 17.9. The molecule has 128 valence electrons. The molecule has 0 amide bonds. The zero-order valence-corrected chi connectivity index (χ0v) is 14.6. The molecule has 0 bridgehead atoms. The third-order valence-corrected chi connectivity index (χ3v) is 4.11. The first-order valence-electron chi connectivity index (χ1n) is 8.33. The molecule has 0 aliphatic carbocycles. The fourth-order valence-electron chi connectivity index (χ4n) is 2.90. The van der Waals surface area contributed by atoms with Gasteiger partial charge in [0, 0.05) is 24.2 Å². The molecule has 0 spiro atoms. The van der Waals surface area contributed by atoms with Crippen LogP contribution >= 0.6 is 0 Å². The van der Waals surface area contributed by atoms with Crippen molar-refractivity contribution in [2.45, 2.75) is 0 Å². The predicted octanol–water partition coefficient (Wildman–Crippen LogP) is 4.15. The highest BCUT2D eigenvalue weighted by atomic mass is 16.5. The van der Waals surface area contributed by atoms with Crippen LogP contribution in [0.25, 0.3) is 11.0 Å². The zero-order valence-electron chi connectivity index (χ0n) is 14.6. The standard InChI is InChI=1S/C21H18N4O/c1-25-23-17-13-19(20(26-2)14-18(17)24-25)22-21(15-9-5-3-6-10-15)16-11-7-4-8-12-16/h3-14H,1-2H3. The smallest absolute Gasteiger partial charge is 0.146 e. The van der Waals surface area contributed by atoms with Crippen LogP contribution in [0.2, 0.25) is 0 Å². The number of nitrogens with zero attached hydrogens (tertiary/aromatic N) is 4. The van der Waals surface area contributed by atoms with Gasteiger partial charge in [0.05, 0.1) is 12.8 Å². The molecule has 0 radical (unpaired) electrons. The Morgan fingerprint density at radius 2 is 1.38 bits per heavy atom. The maximum absolute atomic E-state index is 5.55. The second-order valence-electron chi connectivity index (χ2n) is 5.89. The van der Waals surface area contributed by atoms with Crippen LogP contribution < -0.4 is 4.74 Å². The van der Waals surface area contributed by atoms with Gasteiger partial charge in [-0.3, -0.25) is 0 Å². The van der Waals surface area contributed by atoms with E-state index >= 15 is 0 Å². The lowest BCUT2D eigenvalue weighted by Gasteiger charge is -2.10. The van der Waals surface area contributed by atoms with Crippen molar-refractivity contribution in [2.75, 3.05) is 7.11 Å². The van der Waals surface area contributed by atoms with Gasteiger partial charge in [0.2, 0.25) is 0 Å². The number of aryl methyl sites for hydroxylation is 1. The van der Waals surface area contributed by atoms with Crippen LogP contribution in [0.15, 0.2) is 77.8 Å². The number of aliphatic imine (C=N–C) groups is 1. The van der Waals surface area contributed by atoms with Gasteiger partial charge in [-0.15, -0.1) is 0 Å². The maximum atomic E-state index is 5.55. The minimum absolute atomic E-state index is 0.669. The molecule has 0 aliphatic heterocycles. The highest BCUT2D eigenvalue weighted by Crippen LogP contribution is 2.32. The van der Waals surface area contributed by atoms with Gasteiger partial charge >= 0.3 is 0 Å². The molecule has 0 N–H and O–H groups in total. The first-order valence-corrected chi connectivity index (χ1v) is 8.33. The van der Waals surface area contributed by atoms with E-state index in [4.69, 9.17) is 9.73 Å². The Morgan fingerprint density at radius 3 is 1.92 bits per heavy atom. The third kappa shape index (κ3) is 3.07. The van der Waals surface area contributed by atoms with Gasteiger partial charge in [0.1, 0.15) is 22.5 Å². The molecule has 0 saturated carbocycles. The van der Waals surface area contributed by atoms with Gasteiger partial charge in [-0.1, -0.05) is 60.7 Å². The van der Waals surface area contributed by atoms with E-state index in [9.17, 15) is 0 Å². The first-order chi connectivity index (χ1) is 12.7. The molecule has 5 nitrogen and oxygen atoms in total. The van der Waals surface area contributed by atoms with E-state index in [0.29, 0.717) is 5.75 Å². The number of ether oxygens (including phenoxy) is 1. The largest absolute Gasteiger partial charge is 0.494 e. The van der Waals surface area contributed by atoms with E-state index in [2.05, 4.69) is 34.5 Å². The normalized spacial score (nSPS) is 10.7. The monoisotopic (exact) mass is 342 g/mol. The Bertz CT molecular complexity index is 1030. The minimum Gasteiger partial charge on any atom is -0.494 e. The average Bonchev–Trinajstić information content (AvgIpc) is 3.05. The van der Waals surface area contributed by atoms with Crippen LogP contribution in [-0.2, 0) is 7.05 Å². The number of fused-ring (bicyclic) bond motifs is 1.